The van der Waals surface area contributed by atoms with Gasteiger partial charge in [-0.3, -0.25) is 0 Å². The number of hydrogen-bond acceptors (Lipinski definition) is 9. The first kappa shape index (κ1) is 25.9. The van der Waals surface area contributed by atoms with E-state index in [1.54, 1.807) is 19.1 Å². The third-order valence-electron chi connectivity index (χ3n) is 5.68. The third-order valence-corrected chi connectivity index (χ3v) is 5.68. The number of rotatable bonds is 9. The summed E-state index contributed by atoms with van der Waals surface area (Å²) in [5.41, 5.74) is 3.59. The fraction of sp³-hybridized carbons (Fsp3) is 0.480. The van der Waals surface area contributed by atoms with E-state index in [-0.39, 0.29) is 13.2 Å². The number of ether oxygens (including phenoxy) is 4. The average molecular weight is 477 g/mol. The van der Waals surface area contributed by atoms with Gasteiger partial charge in [-0.1, -0.05) is 43.3 Å². The summed E-state index contributed by atoms with van der Waals surface area (Å²) in [7, 11) is 0. The molecule has 1 aliphatic heterocycles. The minimum Gasteiger partial charge on any atom is -0.482 e. The van der Waals surface area contributed by atoms with E-state index in [2.05, 4.69) is 6.92 Å². The molecule has 9 nitrogen and oxygen atoms in total. The van der Waals surface area contributed by atoms with Gasteiger partial charge in [-0.25, -0.2) is 4.79 Å². The van der Waals surface area contributed by atoms with Gasteiger partial charge in [-0.2, -0.15) is 0 Å². The SMILES string of the molecule is CCOC(=O)OCc1ccc(Cc2ccc(CC)cc2)c(O[C@@H]2[C@@H](O)[C@H](O)[C@@H](CO)O[C@H]2O)c1. The molecule has 2 aromatic rings. The lowest BCUT2D eigenvalue weighted by Crippen LogP contribution is -2.60. The summed E-state index contributed by atoms with van der Waals surface area (Å²) in [5, 5.41) is 40.4. The Bertz CT molecular complexity index is 930. The smallest absolute Gasteiger partial charge is 0.482 e. The lowest BCUT2D eigenvalue weighted by molar-refractivity contribution is -0.280. The predicted molar refractivity (Wildman–Crippen MR) is 121 cm³/mol. The van der Waals surface area contributed by atoms with Crippen LogP contribution in [-0.4, -0.2) is 70.5 Å². The number of aryl methyl sites for hydroxylation is 1. The Kier molecular flexibility index (Phi) is 9.26. The Hall–Kier alpha value is -2.69. The van der Waals surface area contributed by atoms with Gasteiger partial charge in [0.25, 0.3) is 0 Å². The van der Waals surface area contributed by atoms with Gasteiger partial charge >= 0.3 is 6.16 Å². The van der Waals surface area contributed by atoms with Gasteiger partial charge in [0.1, 0.15) is 30.7 Å². The van der Waals surface area contributed by atoms with E-state index in [0.29, 0.717) is 17.7 Å². The molecule has 1 saturated heterocycles. The Labute approximate surface area is 198 Å². The zero-order valence-electron chi connectivity index (χ0n) is 19.3. The number of hydrogen-bond donors (Lipinski definition) is 4. The van der Waals surface area contributed by atoms with E-state index in [1.807, 2.05) is 30.3 Å². The first-order valence-corrected chi connectivity index (χ1v) is 11.3. The Morgan fingerprint density at radius 3 is 2.26 bits per heavy atom. The summed E-state index contributed by atoms with van der Waals surface area (Å²) in [4.78, 5) is 11.6. The summed E-state index contributed by atoms with van der Waals surface area (Å²) >= 11 is 0. The highest BCUT2D eigenvalue weighted by atomic mass is 16.7. The molecule has 1 heterocycles. The maximum Gasteiger partial charge on any atom is 0.508 e. The summed E-state index contributed by atoms with van der Waals surface area (Å²) in [6.07, 6.45) is -6.33. The Balaban J connectivity index is 1.85. The second kappa shape index (κ2) is 12.1. The van der Waals surface area contributed by atoms with E-state index >= 15 is 0 Å². The van der Waals surface area contributed by atoms with Gasteiger partial charge in [0.15, 0.2) is 12.4 Å². The van der Waals surface area contributed by atoms with Crippen LogP contribution >= 0.6 is 0 Å². The van der Waals surface area contributed by atoms with E-state index in [9.17, 15) is 25.2 Å². The van der Waals surface area contributed by atoms with Crippen molar-refractivity contribution in [2.75, 3.05) is 13.2 Å². The van der Waals surface area contributed by atoms with Crippen LogP contribution in [0.5, 0.6) is 5.75 Å². The average Bonchev–Trinajstić information content (AvgIpc) is 2.84. The van der Waals surface area contributed by atoms with E-state index < -0.39 is 43.5 Å². The maximum absolute atomic E-state index is 11.6. The molecule has 5 atom stereocenters. The molecular weight excluding hydrogens is 444 g/mol. The second-order valence-electron chi connectivity index (χ2n) is 8.07. The maximum atomic E-state index is 11.6. The highest BCUT2D eigenvalue weighted by Gasteiger charge is 2.45. The largest absolute Gasteiger partial charge is 0.508 e. The zero-order chi connectivity index (χ0) is 24.7. The number of aliphatic hydroxyl groups is 4. The minimum atomic E-state index is -1.58. The molecule has 0 aliphatic carbocycles. The van der Waals surface area contributed by atoms with Crippen molar-refractivity contribution in [1.29, 1.82) is 0 Å². The molecule has 0 radical (unpaired) electrons. The van der Waals surface area contributed by atoms with Crippen LogP contribution < -0.4 is 4.74 Å². The van der Waals surface area contributed by atoms with E-state index in [0.717, 1.165) is 17.5 Å². The Morgan fingerprint density at radius 1 is 0.941 bits per heavy atom. The van der Waals surface area contributed by atoms with Crippen LogP contribution in [0.15, 0.2) is 42.5 Å². The summed E-state index contributed by atoms with van der Waals surface area (Å²) in [5.74, 6) is 0.325. The molecule has 4 N–H and O–H groups in total. The first-order valence-electron chi connectivity index (χ1n) is 11.3. The van der Waals surface area contributed by atoms with E-state index in [1.165, 1.54) is 5.56 Å². The van der Waals surface area contributed by atoms with Gasteiger partial charge in [0.05, 0.1) is 13.2 Å². The van der Waals surface area contributed by atoms with E-state index in [4.69, 9.17) is 18.9 Å². The molecule has 0 unspecified atom stereocenters. The van der Waals surface area contributed by atoms with Gasteiger partial charge < -0.3 is 39.4 Å². The van der Waals surface area contributed by atoms with Crippen LogP contribution in [0.1, 0.15) is 36.1 Å². The van der Waals surface area contributed by atoms with Gasteiger partial charge in [-0.15, -0.1) is 0 Å². The van der Waals surface area contributed by atoms with Crippen LogP contribution in [0.25, 0.3) is 0 Å². The first-order chi connectivity index (χ1) is 16.4. The van der Waals surface area contributed by atoms with Crippen molar-refractivity contribution >= 4 is 6.16 Å². The van der Waals surface area contributed by atoms with Crippen LogP contribution in [0.2, 0.25) is 0 Å². The number of carbonyl (C=O) groups excluding carboxylic acids is 1. The van der Waals surface area contributed by atoms with Gasteiger partial charge in [0, 0.05) is 6.42 Å². The molecule has 0 amide bonds. The fourth-order valence-corrected chi connectivity index (χ4v) is 3.70. The number of carbonyl (C=O) groups is 1. The summed E-state index contributed by atoms with van der Waals surface area (Å²) in [6.45, 7) is 3.31. The molecule has 186 valence electrons. The van der Waals surface area contributed by atoms with Crippen LogP contribution in [0.3, 0.4) is 0 Å². The van der Waals surface area contributed by atoms with Crippen LogP contribution in [0, 0.1) is 0 Å². The molecule has 34 heavy (non-hydrogen) atoms. The molecule has 3 rings (SSSR count). The predicted octanol–water partition coefficient (Wildman–Crippen LogP) is 1.69. The normalized spacial score (nSPS) is 24.5. The highest BCUT2D eigenvalue weighted by molar-refractivity contribution is 5.59. The van der Waals surface area contributed by atoms with Crippen LogP contribution in [0.4, 0.5) is 4.79 Å². The van der Waals surface area contributed by atoms with Crippen LogP contribution in [-0.2, 0) is 33.7 Å². The Morgan fingerprint density at radius 2 is 1.62 bits per heavy atom. The fourth-order valence-electron chi connectivity index (χ4n) is 3.70. The van der Waals surface area contributed by atoms with Gasteiger partial charge in [-0.05, 0) is 41.7 Å². The lowest BCUT2D eigenvalue weighted by Gasteiger charge is -2.40. The van der Waals surface area contributed by atoms with Crippen molar-refractivity contribution in [3.8, 4) is 5.75 Å². The quantitative estimate of drug-likeness (QED) is 0.399. The lowest BCUT2D eigenvalue weighted by atomic mass is 9.98. The molecule has 0 bridgehead atoms. The number of aliphatic hydroxyl groups excluding tert-OH is 4. The molecule has 0 saturated carbocycles. The summed E-state index contributed by atoms with van der Waals surface area (Å²) < 4.78 is 21.0. The monoisotopic (exact) mass is 476 g/mol. The molecule has 9 heteroatoms. The molecule has 1 fully saturated rings. The van der Waals surface area contributed by atoms with Crippen molar-refractivity contribution in [3.63, 3.8) is 0 Å². The number of benzene rings is 2. The molecular formula is C25H32O9. The molecule has 0 spiro atoms. The van der Waals surface area contributed by atoms with Crippen molar-refractivity contribution in [2.45, 2.75) is 64.0 Å². The summed E-state index contributed by atoms with van der Waals surface area (Å²) in [6, 6.07) is 13.4. The standard InChI is InChI=1S/C25H32O9/c1-3-15-5-7-16(8-6-15)11-18-10-9-17(14-32-25(30)31-4-2)12-19(18)33-23-22(28)21(27)20(13-26)34-24(23)29/h5-10,12,20-24,26-29H,3-4,11,13-14H2,1-2H3/t20-,21-,22+,23-,24-/m1/s1. The minimum absolute atomic E-state index is 0.0673. The zero-order valence-corrected chi connectivity index (χ0v) is 19.3. The third kappa shape index (κ3) is 6.46. The molecule has 1 aliphatic rings. The van der Waals surface area contributed by atoms with Crippen molar-refractivity contribution < 1.29 is 44.2 Å². The van der Waals surface area contributed by atoms with Crippen molar-refractivity contribution in [1.82, 2.24) is 0 Å². The molecule has 2 aromatic carbocycles. The van der Waals surface area contributed by atoms with Crippen molar-refractivity contribution in [2.24, 2.45) is 0 Å². The van der Waals surface area contributed by atoms with Gasteiger partial charge in [0.2, 0.25) is 0 Å². The highest BCUT2D eigenvalue weighted by Crippen LogP contribution is 2.30. The molecule has 0 aromatic heterocycles. The topological polar surface area (TPSA) is 135 Å². The van der Waals surface area contributed by atoms with Crippen molar-refractivity contribution in [3.05, 3.63) is 64.7 Å². The second-order valence-corrected chi connectivity index (χ2v) is 8.07.